The maximum absolute atomic E-state index is 13.3. The van der Waals surface area contributed by atoms with Crippen LogP contribution in [0.2, 0.25) is 30.1 Å². The summed E-state index contributed by atoms with van der Waals surface area (Å²) >= 11 is 39.1. The Morgan fingerprint density at radius 3 is 1.38 bits per heavy atom. The summed E-state index contributed by atoms with van der Waals surface area (Å²) in [5.41, 5.74) is 1.78. The maximum atomic E-state index is 13.3. The Morgan fingerprint density at radius 1 is 0.553 bits per heavy atom. The van der Waals surface area contributed by atoms with E-state index in [-0.39, 0.29) is 80.9 Å². The second-order valence-corrected chi connectivity index (χ2v) is 27.2. The standard InChI is InChI=1S/C19H14Cl2F3N7O3S.C16H11Cl2F3N4O4S.C13H9Cl2F3N4O3S.C3H5ClO2.C3H5N3/c1-34-9-16-28-29-18(31(16)15-4-5-26-27-15)17-14(6-10(20)8-25-17)30-35(32,33)11-2-3-13(21)12(7-11)19(22,23)24;1-28-7-13-23-24-15(29-13)14-12(4-8(17)6-22-14)25-30(26,27)9-2-3-11(18)10(5-9)16(19,20)21;14-6-3-10(11(20-5-6)12(23)21-19)22-26(24,25)7-1-2-9(15)8(4-7)13(16,17)18;1-6-2-3(4)5;4-3-1-2-5-6-3/h2-8,30H,9H2,1H3,(H,26,27);2-6,25H,7H2,1H3;1-5,22H,19H2,(H,21,23);2H2,1H3;1-2H,(H3,4,5,6). The Labute approximate surface area is 609 Å². The molecule has 0 aliphatic heterocycles. The van der Waals surface area contributed by atoms with Gasteiger partial charge in [0, 0.05) is 46.0 Å². The van der Waals surface area contributed by atoms with Crippen LogP contribution >= 0.6 is 81.2 Å². The van der Waals surface area contributed by atoms with Crippen LogP contribution in [0.4, 0.5) is 62.4 Å². The van der Waals surface area contributed by atoms with Crippen LogP contribution in [0.25, 0.3) is 28.9 Å². The van der Waals surface area contributed by atoms with Gasteiger partial charge >= 0.3 is 18.5 Å². The quantitative estimate of drug-likeness (QED) is 0.0123. The summed E-state index contributed by atoms with van der Waals surface area (Å²) in [5.74, 6) is 5.45. The van der Waals surface area contributed by atoms with Crippen molar-refractivity contribution in [2.24, 2.45) is 5.84 Å². The third-order valence-corrected chi connectivity index (χ3v) is 17.8. The number of methoxy groups -OCH3 is 3. The van der Waals surface area contributed by atoms with Crippen LogP contribution in [-0.2, 0) is 80.8 Å². The van der Waals surface area contributed by atoms with E-state index < -0.39 is 112 Å². The van der Waals surface area contributed by atoms with Crippen LogP contribution in [0.1, 0.15) is 38.9 Å². The van der Waals surface area contributed by atoms with Gasteiger partial charge < -0.3 is 24.4 Å². The number of halogens is 16. The molecule has 30 nitrogen and oxygen atoms in total. The summed E-state index contributed by atoms with van der Waals surface area (Å²) in [5, 5.41) is 26.0. The molecule has 0 fully saturated rings. The van der Waals surface area contributed by atoms with Crippen molar-refractivity contribution >= 4 is 145 Å². The van der Waals surface area contributed by atoms with Gasteiger partial charge in [-0.3, -0.25) is 43.9 Å². The number of nitrogens with zero attached hydrogens (tertiary/aromatic N) is 10. The minimum atomic E-state index is -4.86. The Hall–Kier alpha value is -8.76. The van der Waals surface area contributed by atoms with E-state index >= 15 is 0 Å². The first kappa shape index (κ1) is 83.2. The van der Waals surface area contributed by atoms with E-state index in [4.69, 9.17) is 107 Å². The van der Waals surface area contributed by atoms with Crippen LogP contribution in [0.3, 0.4) is 0 Å². The van der Waals surface area contributed by atoms with Gasteiger partial charge in [-0.15, -0.1) is 20.4 Å². The molecule has 0 unspecified atom stereocenters. The highest BCUT2D eigenvalue weighted by Gasteiger charge is 2.38. The lowest BCUT2D eigenvalue weighted by molar-refractivity contribution is -0.138. The monoisotopic (exact) mass is 1650 g/mol. The molecule has 3 aromatic carbocycles. The molecule has 552 valence electrons. The fourth-order valence-electron chi connectivity index (χ4n) is 7.66. The van der Waals surface area contributed by atoms with Crippen molar-refractivity contribution in [2.75, 3.05) is 47.8 Å². The Bertz CT molecular complexity index is 4980. The number of nitrogen functional groups attached to an aromatic ring is 2. The molecule has 7 heterocycles. The zero-order valence-corrected chi connectivity index (χ0v) is 59.1. The molecule has 0 spiro atoms. The average Bonchev–Trinajstić information content (AvgIpc) is 1.77. The van der Waals surface area contributed by atoms with Crippen molar-refractivity contribution in [3.63, 3.8) is 0 Å². The summed E-state index contributed by atoms with van der Waals surface area (Å²) in [6.07, 6.45) is -7.95. The molecule has 49 heteroatoms. The number of nitrogens with one attached hydrogen (secondary N) is 6. The minimum absolute atomic E-state index is 0.00154. The lowest BCUT2D eigenvalue weighted by Gasteiger charge is -2.15. The van der Waals surface area contributed by atoms with Crippen molar-refractivity contribution in [2.45, 2.75) is 46.4 Å². The first-order valence-electron chi connectivity index (χ1n) is 27.0. The highest BCUT2D eigenvalue weighted by molar-refractivity contribution is 7.93. The van der Waals surface area contributed by atoms with Gasteiger partial charge in [-0.25, -0.2) is 46.0 Å². The molecular weight excluding hydrogens is 1610 g/mol. The number of nitrogens with two attached hydrogens (primary N) is 2. The Kier molecular flexibility index (Phi) is 28.8. The van der Waals surface area contributed by atoms with Crippen molar-refractivity contribution < 1.29 is 93.0 Å². The van der Waals surface area contributed by atoms with E-state index in [9.17, 15) is 74.4 Å². The number of anilines is 4. The fourth-order valence-corrected chi connectivity index (χ4v) is 12.2. The second-order valence-electron chi connectivity index (χ2n) is 19.2. The van der Waals surface area contributed by atoms with E-state index in [0.29, 0.717) is 35.7 Å². The van der Waals surface area contributed by atoms with Gasteiger partial charge in [-0.1, -0.05) is 69.6 Å². The molecule has 10 N–H and O–H groups in total. The number of hydrogen-bond acceptors (Lipinski definition) is 23. The van der Waals surface area contributed by atoms with Crippen LogP contribution in [-0.4, -0.2) is 125 Å². The van der Waals surface area contributed by atoms with Crippen molar-refractivity contribution in [3.05, 3.63) is 180 Å². The highest BCUT2D eigenvalue weighted by atomic mass is 35.5. The van der Waals surface area contributed by atoms with Crippen LogP contribution in [0.5, 0.6) is 0 Å². The number of sulfonamides is 3. The molecule has 0 bridgehead atoms. The van der Waals surface area contributed by atoms with Gasteiger partial charge in [-0.2, -0.15) is 49.7 Å². The predicted octanol–water partition coefficient (Wildman–Crippen LogP) is 11.9. The van der Waals surface area contributed by atoms with Crippen LogP contribution < -0.4 is 31.2 Å². The first-order valence-corrected chi connectivity index (χ1v) is 34.1. The molecule has 1 amide bonds. The molecule has 103 heavy (non-hydrogen) atoms. The largest absolute Gasteiger partial charge is 0.417 e. The number of carbonyl (C=O) groups is 2. The van der Waals surface area contributed by atoms with Crippen LogP contribution in [0, 0.1) is 0 Å². The SMILES string of the molecule is COCC(=O)Cl.COCc1nnc(-c2ncc(Cl)cc2NS(=O)(=O)c2ccc(Cl)c(C(F)(F)F)c2)n1-c1ccn[nH]1.COCc1nnc(-c2ncc(Cl)cc2NS(=O)(=O)c2ccc(Cl)c(C(F)(F)F)c2)o1.NNC(=O)c1ncc(Cl)cc1NS(=O)(=O)c1ccc(Cl)c(C(F)(F)F)c1.Nc1ccn[nH]1. The molecule has 10 aromatic rings. The van der Waals surface area contributed by atoms with Crippen LogP contribution in [0.15, 0.2) is 135 Å². The molecule has 0 aliphatic carbocycles. The number of hydrogen-bond donors (Lipinski definition) is 8. The highest BCUT2D eigenvalue weighted by Crippen LogP contribution is 2.41. The number of alkyl halides is 9. The third-order valence-electron chi connectivity index (χ3n) is 12.0. The number of amides is 1. The molecule has 7 aromatic heterocycles. The van der Waals surface area contributed by atoms with E-state index in [2.05, 4.69) is 69.9 Å². The summed E-state index contributed by atoms with van der Waals surface area (Å²) in [6.45, 7) is 0.0554. The van der Waals surface area contributed by atoms with Gasteiger partial charge in [0.1, 0.15) is 37.2 Å². The maximum Gasteiger partial charge on any atom is 0.417 e. The van der Waals surface area contributed by atoms with Gasteiger partial charge in [0.2, 0.25) is 11.1 Å². The first-order chi connectivity index (χ1) is 48.1. The van der Waals surface area contributed by atoms with E-state index in [0.717, 1.165) is 48.7 Å². The number of benzene rings is 3. The zero-order chi connectivity index (χ0) is 76.6. The normalized spacial score (nSPS) is 11.7. The van der Waals surface area contributed by atoms with E-state index in [1.165, 1.54) is 56.6 Å². The minimum Gasteiger partial charge on any atom is -0.417 e. The zero-order valence-electron chi connectivity index (χ0n) is 51.4. The van der Waals surface area contributed by atoms with Gasteiger partial charge in [0.25, 0.3) is 41.9 Å². The van der Waals surface area contributed by atoms with Gasteiger partial charge in [0.05, 0.1) is 91.0 Å². The van der Waals surface area contributed by atoms with E-state index in [1.54, 1.807) is 23.8 Å². The Balaban J connectivity index is 0.000000225. The number of rotatable bonds is 19. The molecular formula is C54H44Cl7F9N18O12S3. The van der Waals surface area contributed by atoms with Crippen molar-refractivity contribution in [1.29, 1.82) is 0 Å². The van der Waals surface area contributed by atoms with Crippen molar-refractivity contribution in [1.82, 2.24) is 65.7 Å². The summed E-state index contributed by atoms with van der Waals surface area (Å²) in [4.78, 5) is 31.1. The molecule has 0 saturated heterocycles. The fraction of sp³-hybridized carbons (Fsp3) is 0.167. The van der Waals surface area contributed by atoms with Crippen molar-refractivity contribution in [3.8, 4) is 28.9 Å². The molecule has 0 aliphatic rings. The molecule has 0 saturated carbocycles. The molecule has 10 rings (SSSR count). The summed E-state index contributed by atoms with van der Waals surface area (Å²) in [6, 6.07) is 13.3. The lowest BCUT2D eigenvalue weighted by atomic mass is 10.2. The number of aromatic amines is 2. The number of H-pyrrole nitrogens is 2. The summed E-state index contributed by atoms with van der Waals surface area (Å²) < 4.78 is 222. The topological polar surface area (TPSA) is 430 Å². The number of pyridine rings is 3. The predicted molar refractivity (Wildman–Crippen MR) is 354 cm³/mol. The smallest absolute Gasteiger partial charge is 0.417 e. The summed E-state index contributed by atoms with van der Waals surface area (Å²) in [7, 11) is -9.27. The molecule has 0 radical (unpaired) electrons. The second kappa shape index (κ2) is 35.6. The number of aromatic nitrogens is 12. The number of hydrazine groups is 1. The lowest BCUT2D eigenvalue weighted by Crippen LogP contribution is -2.31. The average molecular weight is 1650 g/mol. The van der Waals surface area contributed by atoms with E-state index in [1.807, 2.05) is 4.72 Å². The third kappa shape index (κ3) is 23.1. The number of carbonyl (C=O) groups excluding carboxylic acids is 2. The van der Waals surface area contributed by atoms with Gasteiger partial charge in [0.15, 0.2) is 23.0 Å². The van der Waals surface area contributed by atoms with Gasteiger partial charge in [-0.05, 0) is 90.5 Å². The number of ether oxygens (including phenoxy) is 3. The Morgan fingerprint density at radius 2 is 0.990 bits per heavy atom. The molecule has 0 atom stereocenters.